The van der Waals surface area contributed by atoms with Crippen molar-refractivity contribution in [3.05, 3.63) is 70.5 Å². The zero-order valence-corrected chi connectivity index (χ0v) is 22.7. The Labute approximate surface area is 224 Å². The number of imidazole rings is 1. The molecular formula is C28H37ClN6O2. The van der Waals surface area contributed by atoms with E-state index < -0.39 is 0 Å². The van der Waals surface area contributed by atoms with Crippen molar-refractivity contribution in [1.29, 1.82) is 0 Å². The number of amides is 1. The molecule has 1 aliphatic carbocycles. The van der Waals surface area contributed by atoms with Crippen LogP contribution in [0.5, 0.6) is 0 Å². The van der Waals surface area contributed by atoms with Crippen LogP contribution in [0, 0.1) is 6.92 Å². The van der Waals surface area contributed by atoms with E-state index in [1.807, 2.05) is 30.9 Å². The van der Waals surface area contributed by atoms with Crippen molar-refractivity contribution in [3.8, 4) is 0 Å². The van der Waals surface area contributed by atoms with Gasteiger partial charge < -0.3 is 14.6 Å². The van der Waals surface area contributed by atoms with Gasteiger partial charge in [0.05, 0.1) is 24.7 Å². The highest BCUT2D eigenvalue weighted by atomic mass is 35.5. The summed E-state index contributed by atoms with van der Waals surface area (Å²) in [5, 5.41) is 8.53. The first-order chi connectivity index (χ1) is 17.9. The van der Waals surface area contributed by atoms with Crippen molar-refractivity contribution < 1.29 is 9.53 Å². The Morgan fingerprint density at radius 3 is 2.57 bits per heavy atom. The molecule has 1 saturated carbocycles. The van der Waals surface area contributed by atoms with Gasteiger partial charge in [-0.3, -0.25) is 14.4 Å². The van der Waals surface area contributed by atoms with Gasteiger partial charge in [-0.25, -0.2) is 4.98 Å². The number of nitrogens with zero attached hydrogens (tertiary/aromatic N) is 5. The molecule has 9 heteroatoms. The maximum Gasteiger partial charge on any atom is 0.271 e. The lowest BCUT2D eigenvalue weighted by Gasteiger charge is -2.46. The van der Waals surface area contributed by atoms with Gasteiger partial charge in [0.25, 0.3) is 5.91 Å². The van der Waals surface area contributed by atoms with Gasteiger partial charge in [-0.1, -0.05) is 23.7 Å². The minimum Gasteiger partial charge on any atom is -0.373 e. The third-order valence-corrected chi connectivity index (χ3v) is 8.19. The first kappa shape index (κ1) is 25.9. The lowest BCUT2D eigenvalue weighted by atomic mass is 9.82. The van der Waals surface area contributed by atoms with Gasteiger partial charge in [0, 0.05) is 62.1 Å². The molecule has 0 bridgehead atoms. The third kappa shape index (κ3) is 6.25. The van der Waals surface area contributed by atoms with Gasteiger partial charge in [0.1, 0.15) is 5.69 Å². The summed E-state index contributed by atoms with van der Waals surface area (Å²) in [5.74, 6) is 0.366. The van der Waals surface area contributed by atoms with Crippen LogP contribution >= 0.6 is 11.6 Å². The molecule has 2 aliphatic rings. The van der Waals surface area contributed by atoms with Crippen LogP contribution in [0.4, 0.5) is 0 Å². The fourth-order valence-corrected chi connectivity index (χ4v) is 5.86. The Morgan fingerprint density at radius 1 is 1.16 bits per heavy atom. The quantitative estimate of drug-likeness (QED) is 0.507. The van der Waals surface area contributed by atoms with Crippen molar-refractivity contribution in [1.82, 2.24) is 29.5 Å². The molecule has 2 fully saturated rings. The van der Waals surface area contributed by atoms with Gasteiger partial charge in [0.2, 0.25) is 0 Å². The van der Waals surface area contributed by atoms with Crippen molar-refractivity contribution in [3.63, 3.8) is 0 Å². The van der Waals surface area contributed by atoms with Gasteiger partial charge >= 0.3 is 0 Å². The van der Waals surface area contributed by atoms with Gasteiger partial charge in [-0.05, 0) is 62.8 Å². The van der Waals surface area contributed by atoms with Crippen LogP contribution in [-0.4, -0.2) is 68.0 Å². The lowest BCUT2D eigenvalue weighted by Crippen LogP contribution is -2.57. The number of aromatic nitrogens is 4. The number of morpholine rings is 1. The van der Waals surface area contributed by atoms with E-state index in [2.05, 4.69) is 40.3 Å². The van der Waals surface area contributed by atoms with E-state index in [0.717, 1.165) is 43.7 Å². The average Bonchev–Trinajstić information content (AvgIpc) is 3.49. The van der Waals surface area contributed by atoms with E-state index >= 15 is 0 Å². The summed E-state index contributed by atoms with van der Waals surface area (Å²) in [6.45, 7) is 4.04. The van der Waals surface area contributed by atoms with Crippen LogP contribution in [0.1, 0.15) is 59.0 Å². The number of hydrogen-bond donors (Lipinski definition) is 1. The molecule has 1 saturated heterocycles. The van der Waals surface area contributed by atoms with Crippen LogP contribution in [0.15, 0.2) is 42.9 Å². The number of hydrogen-bond acceptors (Lipinski definition) is 5. The summed E-state index contributed by atoms with van der Waals surface area (Å²) < 4.78 is 10.0. The molecule has 3 aromatic rings. The van der Waals surface area contributed by atoms with Gasteiger partial charge in [-0.15, -0.1) is 0 Å². The fourth-order valence-electron chi connectivity index (χ4n) is 5.74. The van der Waals surface area contributed by atoms with Crippen molar-refractivity contribution in [2.75, 3.05) is 19.7 Å². The monoisotopic (exact) mass is 524 g/mol. The zero-order valence-electron chi connectivity index (χ0n) is 21.9. The SMILES string of the molecule is Cc1cc(C2CCC(N3C[C@H](CNC(=O)c4cn(C)cn4)OC[C@@H]3Cc3ccc(Cl)cc3)CC2)nn1C. The molecule has 0 spiro atoms. The van der Waals surface area contributed by atoms with E-state index in [1.165, 1.54) is 17.0 Å². The molecule has 37 heavy (non-hydrogen) atoms. The minimum absolute atomic E-state index is 0.0507. The highest BCUT2D eigenvalue weighted by Crippen LogP contribution is 2.36. The Bertz CT molecular complexity index is 1180. The second-order valence-electron chi connectivity index (χ2n) is 10.6. The van der Waals surface area contributed by atoms with Crippen molar-refractivity contribution >= 4 is 17.5 Å². The summed E-state index contributed by atoms with van der Waals surface area (Å²) in [4.78, 5) is 19.3. The Kier molecular flexibility index (Phi) is 7.98. The molecule has 198 valence electrons. The van der Waals surface area contributed by atoms with Crippen LogP contribution < -0.4 is 5.32 Å². The molecule has 1 amide bonds. The molecular weight excluding hydrogens is 488 g/mol. The van der Waals surface area contributed by atoms with Gasteiger partial charge in [-0.2, -0.15) is 5.10 Å². The predicted molar refractivity (Wildman–Crippen MR) is 144 cm³/mol. The van der Waals surface area contributed by atoms with E-state index in [9.17, 15) is 4.79 Å². The number of halogens is 1. The Hall–Kier alpha value is -2.68. The van der Waals surface area contributed by atoms with E-state index in [1.54, 1.807) is 17.1 Å². The first-order valence-corrected chi connectivity index (χ1v) is 13.6. The number of benzene rings is 1. The van der Waals surface area contributed by atoms with E-state index in [-0.39, 0.29) is 12.0 Å². The van der Waals surface area contributed by atoms with Crippen LogP contribution in [0.25, 0.3) is 0 Å². The highest BCUT2D eigenvalue weighted by molar-refractivity contribution is 6.30. The smallest absolute Gasteiger partial charge is 0.271 e. The molecule has 1 aliphatic heterocycles. The number of nitrogens with one attached hydrogen (secondary N) is 1. The van der Waals surface area contributed by atoms with Crippen LogP contribution in [0.3, 0.4) is 0 Å². The lowest BCUT2D eigenvalue weighted by molar-refractivity contribution is -0.0822. The third-order valence-electron chi connectivity index (χ3n) is 7.94. The normalized spacial score (nSPS) is 24.8. The van der Waals surface area contributed by atoms with Crippen LogP contribution in [-0.2, 0) is 25.3 Å². The number of carbonyl (C=O) groups is 1. The molecule has 0 radical (unpaired) electrons. The number of aryl methyl sites for hydroxylation is 3. The Morgan fingerprint density at radius 2 is 1.92 bits per heavy atom. The molecule has 3 heterocycles. The van der Waals surface area contributed by atoms with Crippen molar-refractivity contribution in [2.45, 2.75) is 63.1 Å². The van der Waals surface area contributed by atoms with E-state index in [4.69, 9.17) is 21.4 Å². The van der Waals surface area contributed by atoms with Crippen LogP contribution in [0.2, 0.25) is 5.02 Å². The standard InChI is InChI=1S/C28H37ClN6O2/c1-19-12-26(32-34(19)3)21-6-10-23(11-7-21)35-15-25(14-30-28(36)27-16-33(2)18-31-27)37-17-24(35)13-20-4-8-22(29)9-5-20/h4-5,8-9,12,16,18,21,23-25H,6-7,10-11,13-15,17H2,1-3H3,(H,30,36)/t21?,23?,24-,25-/m0/s1. The highest BCUT2D eigenvalue weighted by Gasteiger charge is 2.36. The molecule has 0 unspecified atom stereocenters. The second-order valence-corrected chi connectivity index (χ2v) is 11.0. The summed E-state index contributed by atoms with van der Waals surface area (Å²) in [5.41, 5.74) is 4.14. The Balaban J connectivity index is 1.24. The number of ether oxygens (including phenoxy) is 1. The molecule has 2 atom stereocenters. The maximum absolute atomic E-state index is 12.5. The minimum atomic E-state index is -0.162. The molecule has 8 nitrogen and oxygen atoms in total. The molecule has 1 aromatic carbocycles. The summed E-state index contributed by atoms with van der Waals surface area (Å²) in [7, 11) is 3.88. The predicted octanol–water partition coefficient (Wildman–Crippen LogP) is 3.88. The summed E-state index contributed by atoms with van der Waals surface area (Å²) >= 11 is 6.12. The second kappa shape index (κ2) is 11.4. The van der Waals surface area contributed by atoms with Gasteiger partial charge in [0.15, 0.2) is 0 Å². The van der Waals surface area contributed by atoms with E-state index in [0.29, 0.717) is 36.8 Å². The molecule has 5 rings (SSSR count). The summed E-state index contributed by atoms with van der Waals surface area (Å²) in [6.07, 6.45) is 8.81. The molecule has 2 aromatic heterocycles. The fraction of sp³-hybridized carbons (Fsp3) is 0.536. The summed E-state index contributed by atoms with van der Waals surface area (Å²) in [6, 6.07) is 11.2. The number of carbonyl (C=O) groups excluding carboxylic acids is 1. The average molecular weight is 525 g/mol. The maximum atomic E-state index is 12.5. The molecule has 1 N–H and O–H groups in total. The topological polar surface area (TPSA) is 77.2 Å². The zero-order chi connectivity index (χ0) is 25.9. The first-order valence-electron chi connectivity index (χ1n) is 13.2. The number of rotatable bonds is 7. The van der Waals surface area contributed by atoms with Crippen molar-refractivity contribution in [2.24, 2.45) is 14.1 Å². The largest absolute Gasteiger partial charge is 0.373 e.